The lowest BCUT2D eigenvalue weighted by Crippen LogP contribution is -2.49. The van der Waals surface area contributed by atoms with Crippen molar-refractivity contribution in [1.82, 2.24) is 20.0 Å². The van der Waals surface area contributed by atoms with Gasteiger partial charge in [-0.1, -0.05) is 6.92 Å². The summed E-state index contributed by atoms with van der Waals surface area (Å²) in [5.41, 5.74) is 1.42. The molecule has 3 aliphatic rings. The molecule has 0 aromatic carbocycles. The number of rotatable bonds is 5. The van der Waals surface area contributed by atoms with E-state index >= 15 is 0 Å². The maximum Gasteiger partial charge on any atom is 0.271 e. The van der Waals surface area contributed by atoms with Crippen LogP contribution >= 0.6 is 0 Å². The highest BCUT2D eigenvalue weighted by atomic mass is 19.3. The number of amides is 2. The molecule has 27 heavy (non-hydrogen) atoms. The lowest BCUT2D eigenvalue weighted by Gasteiger charge is -2.39. The van der Waals surface area contributed by atoms with Crippen molar-refractivity contribution in [3.05, 3.63) is 17.5 Å². The van der Waals surface area contributed by atoms with Crippen molar-refractivity contribution in [2.75, 3.05) is 6.54 Å². The molecular weight excluding hydrogens is 354 g/mol. The fourth-order valence-corrected chi connectivity index (χ4v) is 4.75. The van der Waals surface area contributed by atoms with Crippen LogP contribution in [-0.2, 0) is 18.3 Å². The van der Waals surface area contributed by atoms with Gasteiger partial charge in [-0.25, -0.2) is 8.78 Å². The monoisotopic (exact) mass is 380 g/mol. The summed E-state index contributed by atoms with van der Waals surface area (Å²) in [6.07, 6.45) is 3.79. The Hall–Kier alpha value is -1.99. The summed E-state index contributed by atoms with van der Waals surface area (Å²) in [6, 6.07) is 1.88. The fourth-order valence-electron chi connectivity index (χ4n) is 4.75. The van der Waals surface area contributed by atoms with Crippen LogP contribution in [0.3, 0.4) is 0 Å². The van der Waals surface area contributed by atoms with Gasteiger partial charge in [0.05, 0.1) is 0 Å². The number of hydrogen-bond acceptors (Lipinski definition) is 3. The van der Waals surface area contributed by atoms with E-state index in [1.54, 1.807) is 15.6 Å². The van der Waals surface area contributed by atoms with Gasteiger partial charge < -0.3 is 10.2 Å². The number of aryl methyl sites for hydroxylation is 2. The van der Waals surface area contributed by atoms with Gasteiger partial charge in [0.1, 0.15) is 11.6 Å². The van der Waals surface area contributed by atoms with Gasteiger partial charge in [-0.15, -0.1) is 0 Å². The number of carbonyl (C=O) groups excluding carboxylic acids is 2. The Labute approximate surface area is 157 Å². The number of fused-ring (bicyclic) bond motifs is 2. The zero-order valence-electron chi connectivity index (χ0n) is 15.8. The van der Waals surface area contributed by atoms with E-state index in [9.17, 15) is 18.4 Å². The van der Waals surface area contributed by atoms with Gasteiger partial charge >= 0.3 is 0 Å². The highest BCUT2D eigenvalue weighted by molar-refractivity contribution is 5.92. The Morgan fingerprint density at radius 2 is 1.93 bits per heavy atom. The van der Waals surface area contributed by atoms with Crippen LogP contribution in [0.5, 0.6) is 0 Å². The Morgan fingerprint density at radius 3 is 2.44 bits per heavy atom. The molecule has 2 saturated heterocycles. The van der Waals surface area contributed by atoms with Gasteiger partial charge in [0.15, 0.2) is 0 Å². The van der Waals surface area contributed by atoms with E-state index in [0.29, 0.717) is 12.2 Å². The van der Waals surface area contributed by atoms with Crippen LogP contribution in [0.1, 0.15) is 55.2 Å². The Kier molecular flexibility index (Phi) is 4.47. The first-order valence-corrected chi connectivity index (χ1v) is 9.81. The van der Waals surface area contributed by atoms with E-state index in [1.165, 1.54) is 0 Å². The van der Waals surface area contributed by atoms with Crippen molar-refractivity contribution in [2.24, 2.45) is 18.9 Å². The van der Waals surface area contributed by atoms with Crippen LogP contribution in [-0.4, -0.2) is 51.0 Å². The molecular formula is C19H26F2N4O2. The van der Waals surface area contributed by atoms with E-state index in [0.717, 1.165) is 37.8 Å². The second kappa shape index (κ2) is 6.56. The summed E-state index contributed by atoms with van der Waals surface area (Å²) in [7, 11) is 1.82. The van der Waals surface area contributed by atoms with Crippen molar-refractivity contribution < 1.29 is 18.4 Å². The Bertz CT molecular complexity index is 749. The SMILES string of the molecule is CCc1cc(C(=O)NCC2C[C@H]3CC[C@@H](C2)N3C(=O)C2CC2(F)F)nn1C. The molecule has 8 heteroatoms. The third-order valence-corrected chi connectivity index (χ3v) is 6.33. The molecule has 148 valence electrons. The molecule has 3 heterocycles. The predicted molar refractivity (Wildman–Crippen MR) is 94.4 cm³/mol. The third kappa shape index (κ3) is 3.34. The lowest BCUT2D eigenvalue weighted by atomic mass is 9.90. The smallest absolute Gasteiger partial charge is 0.271 e. The van der Waals surface area contributed by atoms with Crippen LogP contribution in [0, 0.1) is 11.8 Å². The van der Waals surface area contributed by atoms with Gasteiger partial charge in [-0.2, -0.15) is 5.10 Å². The zero-order valence-corrected chi connectivity index (χ0v) is 15.8. The quantitative estimate of drug-likeness (QED) is 0.851. The van der Waals surface area contributed by atoms with Crippen molar-refractivity contribution in [3.8, 4) is 0 Å². The molecule has 1 N–H and O–H groups in total. The summed E-state index contributed by atoms with van der Waals surface area (Å²) >= 11 is 0. The first kappa shape index (κ1) is 18.4. The largest absolute Gasteiger partial charge is 0.350 e. The van der Waals surface area contributed by atoms with Gasteiger partial charge in [0.25, 0.3) is 11.8 Å². The summed E-state index contributed by atoms with van der Waals surface area (Å²) < 4.78 is 28.3. The number of nitrogens with zero attached hydrogens (tertiary/aromatic N) is 3. The standard InChI is InChI=1S/C19H26F2N4O2/c1-3-12-8-16(23-24(12)2)17(26)22-10-11-6-13-4-5-14(7-11)25(13)18(27)15-9-19(15,20)21/h8,11,13-15H,3-7,9-10H2,1-2H3,(H,22,26)/t11?,13-,14+,15?. The molecule has 3 fully saturated rings. The number of carbonyl (C=O) groups is 2. The Balaban J connectivity index is 1.32. The van der Waals surface area contributed by atoms with Crippen LogP contribution in [0.15, 0.2) is 6.07 Å². The van der Waals surface area contributed by atoms with Crippen molar-refractivity contribution in [3.63, 3.8) is 0 Å². The van der Waals surface area contributed by atoms with Gasteiger partial charge in [-0.3, -0.25) is 14.3 Å². The molecule has 0 radical (unpaired) electrons. The van der Waals surface area contributed by atoms with Crippen molar-refractivity contribution in [2.45, 2.75) is 63.5 Å². The number of alkyl halides is 2. The van der Waals surface area contributed by atoms with Crippen LogP contribution in [0.2, 0.25) is 0 Å². The molecule has 4 rings (SSSR count). The minimum atomic E-state index is -2.80. The van der Waals surface area contributed by atoms with Crippen molar-refractivity contribution >= 4 is 11.8 Å². The predicted octanol–water partition coefficient (Wildman–Crippen LogP) is 2.14. The molecule has 2 unspecified atom stereocenters. The third-order valence-electron chi connectivity index (χ3n) is 6.33. The van der Waals surface area contributed by atoms with Crippen LogP contribution in [0.25, 0.3) is 0 Å². The van der Waals surface area contributed by atoms with Crippen LogP contribution in [0.4, 0.5) is 8.78 Å². The maximum absolute atomic E-state index is 13.3. The first-order valence-electron chi connectivity index (χ1n) is 9.81. The van der Waals surface area contributed by atoms with Crippen LogP contribution < -0.4 is 5.32 Å². The minimum Gasteiger partial charge on any atom is -0.350 e. The van der Waals surface area contributed by atoms with E-state index in [4.69, 9.17) is 0 Å². The molecule has 6 nitrogen and oxygen atoms in total. The van der Waals surface area contributed by atoms with E-state index in [1.807, 2.05) is 14.0 Å². The number of aromatic nitrogens is 2. The molecule has 1 aliphatic carbocycles. The molecule has 2 amide bonds. The molecule has 1 saturated carbocycles. The topological polar surface area (TPSA) is 67.2 Å². The molecule has 0 spiro atoms. The molecule has 4 atom stereocenters. The lowest BCUT2D eigenvalue weighted by molar-refractivity contribution is -0.140. The van der Waals surface area contributed by atoms with Gasteiger partial charge in [0, 0.05) is 37.8 Å². The molecule has 2 bridgehead atoms. The maximum atomic E-state index is 13.3. The molecule has 1 aromatic heterocycles. The zero-order chi connectivity index (χ0) is 19.3. The summed E-state index contributed by atoms with van der Waals surface area (Å²) in [5, 5.41) is 7.20. The number of nitrogens with one attached hydrogen (secondary N) is 1. The average Bonchev–Trinajstić information content (AvgIpc) is 2.96. The second-order valence-electron chi connectivity index (χ2n) is 8.19. The number of halogens is 2. The van der Waals surface area contributed by atoms with Gasteiger partial charge in [0.2, 0.25) is 5.91 Å². The average molecular weight is 380 g/mol. The van der Waals surface area contributed by atoms with E-state index < -0.39 is 11.8 Å². The van der Waals surface area contributed by atoms with E-state index in [2.05, 4.69) is 10.4 Å². The number of hydrogen-bond donors (Lipinski definition) is 1. The summed E-state index contributed by atoms with van der Waals surface area (Å²) in [4.78, 5) is 26.5. The normalized spacial score (nSPS) is 31.0. The minimum absolute atomic E-state index is 0.0381. The number of piperidine rings is 1. The highest BCUT2D eigenvalue weighted by Crippen LogP contribution is 2.51. The van der Waals surface area contributed by atoms with Crippen molar-refractivity contribution in [1.29, 1.82) is 0 Å². The molecule has 1 aromatic rings. The van der Waals surface area contributed by atoms with E-state index in [-0.39, 0.29) is 36.2 Å². The summed E-state index contributed by atoms with van der Waals surface area (Å²) in [6.45, 7) is 2.55. The summed E-state index contributed by atoms with van der Waals surface area (Å²) in [5.74, 6) is -4.19. The Morgan fingerprint density at radius 1 is 1.30 bits per heavy atom. The van der Waals surface area contributed by atoms with Gasteiger partial charge in [-0.05, 0) is 44.1 Å². The fraction of sp³-hybridized carbons (Fsp3) is 0.737. The molecule has 2 aliphatic heterocycles. The second-order valence-corrected chi connectivity index (χ2v) is 8.19. The highest BCUT2D eigenvalue weighted by Gasteiger charge is 2.63. The first-order chi connectivity index (χ1) is 12.8.